The molecule has 1 aromatic heterocycles. The Morgan fingerprint density at radius 2 is 2.20 bits per heavy atom. The minimum Gasteiger partial charge on any atom is -0.299 e. The quantitative estimate of drug-likeness (QED) is 0.794. The van der Waals surface area contributed by atoms with E-state index in [1.165, 1.54) is 0 Å². The standard InChI is InChI=1S/C11H17ClN2O/c1-5-10(15)7(2)6-9-8(3)13-14(4)11(9)12/h7H,5-6H2,1-4H3. The molecule has 1 heterocycles. The number of rotatable bonds is 4. The number of aromatic nitrogens is 2. The number of hydrogen-bond acceptors (Lipinski definition) is 2. The lowest BCUT2D eigenvalue weighted by atomic mass is 9.96. The van der Waals surface area contributed by atoms with Gasteiger partial charge >= 0.3 is 0 Å². The monoisotopic (exact) mass is 228 g/mol. The third-order valence-electron chi connectivity index (χ3n) is 2.68. The van der Waals surface area contributed by atoms with Gasteiger partial charge < -0.3 is 0 Å². The molecule has 1 rings (SSSR count). The van der Waals surface area contributed by atoms with Gasteiger partial charge in [-0.1, -0.05) is 25.4 Å². The molecular weight excluding hydrogens is 212 g/mol. The lowest BCUT2D eigenvalue weighted by Gasteiger charge is -2.08. The summed E-state index contributed by atoms with van der Waals surface area (Å²) in [5.74, 6) is 0.296. The fourth-order valence-electron chi connectivity index (χ4n) is 1.67. The Kier molecular flexibility index (Phi) is 3.91. The first-order chi connectivity index (χ1) is 6.97. The van der Waals surface area contributed by atoms with Crippen molar-refractivity contribution >= 4 is 17.4 Å². The number of hydrogen-bond donors (Lipinski definition) is 0. The molecule has 15 heavy (non-hydrogen) atoms. The topological polar surface area (TPSA) is 34.9 Å². The van der Waals surface area contributed by atoms with Crippen LogP contribution in [0.4, 0.5) is 0 Å². The molecule has 1 aromatic rings. The first-order valence-corrected chi connectivity index (χ1v) is 5.55. The van der Waals surface area contributed by atoms with Crippen LogP contribution in [0, 0.1) is 12.8 Å². The maximum absolute atomic E-state index is 11.5. The molecule has 0 saturated heterocycles. The van der Waals surface area contributed by atoms with E-state index in [-0.39, 0.29) is 11.7 Å². The van der Waals surface area contributed by atoms with Gasteiger partial charge in [0.2, 0.25) is 0 Å². The fraction of sp³-hybridized carbons (Fsp3) is 0.636. The first kappa shape index (κ1) is 12.2. The SMILES string of the molecule is CCC(=O)C(C)Cc1c(C)nn(C)c1Cl. The van der Waals surface area contributed by atoms with Crippen molar-refractivity contribution in [3.8, 4) is 0 Å². The van der Waals surface area contributed by atoms with Crippen molar-refractivity contribution < 1.29 is 4.79 Å². The van der Waals surface area contributed by atoms with Gasteiger partial charge in [0.1, 0.15) is 10.9 Å². The number of halogens is 1. The van der Waals surface area contributed by atoms with Gasteiger partial charge in [0, 0.05) is 24.9 Å². The van der Waals surface area contributed by atoms with Crippen LogP contribution in [0.5, 0.6) is 0 Å². The average Bonchev–Trinajstić information content (AvgIpc) is 2.43. The van der Waals surface area contributed by atoms with Crippen molar-refractivity contribution in [2.24, 2.45) is 13.0 Å². The van der Waals surface area contributed by atoms with E-state index >= 15 is 0 Å². The van der Waals surface area contributed by atoms with Crippen molar-refractivity contribution in [1.82, 2.24) is 9.78 Å². The van der Waals surface area contributed by atoms with Gasteiger partial charge in [-0.3, -0.25) is 9.48 Å². The highest BCUT2D eigenvalue weighted by molar-refractivity contribution is 6.30. The highest BCUT2D eigenvalue weighted by Gasteiger charge is 2.17. The predicted octanol–water partition coefficient (Wildman–Crippen LogP) is 2.54. The Morgan fingerprint density at radius 1 is 1.60 bits per heavy atom. The summed E-state index contributed by atoms with van der Waals surface area (Å²) in [7, 11) is 1.81. The first-order valence-electron chi connectivity index (χ1n) is 5.18. The summed E-state index contributed by atoms with van der Waals surface area (Å²) >= 11 is 6.10. The summed E-state index contributed by atoms with van der Waals surface area (Å²) < 4.78 is 1.65. The smallest absolute Gasteiger partial charge is 0.135 e. The van der Waals surface area contributed by atoms with Crippen molar-refractivity contribution in [3.63, 3.8) is 0 Å². The average molecular weight is 229 g/mol. The molecule has 0 spiro atoms. The second-order valence-corrected chi connectivity index (χ2v) is 4.26. The van der Waals surface area contributed by atoms with E-state index in [2.05, 4.69) is 5.10 Å². The van der Waals surface area contributed by atoms with Crippen LogP contribution in [-0.4, -0.2) is 15.6 Å². The molecule has 1 unspecified atom stereocenters. The van der Waals surface area contributed by atoms with Crippen LogP contribution in [0.2, 0.25) is 5.15 Å². The summed E-state index contributed by atoms with van der Waals surface area (Å²) in [4.78, 5) is 11.5. The third kappa shape index (κ3) is 2.59. The maximum atomic E-state index is 11.5. The van der Waals surface area contributed by atoms with E-state index in [0.29, 0.717) is 18.0 Å². The highest BCUT2D eigenvalue weighted by Crippen LogP contribution is 2.22. The summed E-state index contributed by atoms with van der Waals surface area (Å²) in [6, 6.07) is 0. The minimum atomic E-state index is 0.0235. The molecule has 0 bridgehead atoms. The van der Waals surface area contributed by atoms with Crippen LogP contribution < -0.4 is 0 Å². The van der Waals surface area contributed by atoms with Gasteiger partial charge in [0.05, 0.1) is 5.69 Å². The van der Waals surface area contributed by atoms with Crippen molar-refractivity contribution in [2.45, 2.75) is 33.6 Å². The van der Waals surface area contributed by atoms with Gasteiger partial charge in [0.15, 0.2) is 0 Å². The Balaban J connectivity index is 2.85. The number of ketones is 1. The zero-order chi connectivity index (χ0) is 11.6. The Bertz CT molecular complexity index is 371. The van der Waals surface area contributed by atoms with Gasteiger partial charge in [-0.2, -0.15) is 5.10 Å². The fourth-order valence-corrected chi connectivity index (χ4v) is 1.93. The molecule has 4 heteroatoms. The van der Waals surface area contributed by atoms with Gasteiger partial charge in [-0.15, -0.1) is 0 Å². The number of carbonyl (C=O) groups is 1. The summed E-state index contributed by atoms with van der Waals surface area (Å²) in [6.07, 6.45) is 1.27. The highest BCUT2D eigenvalue weighted by atomic mass is 35.5. The number of carbonyl (C=O) groups excluding carboxylic acids is 1. The van der Waals surface area contributed by atoms with Gasteiger partial charge in [-0.05, 0) is 13.3 Å². The lowest BCUT2D eigenvalue weighted by molar-refractivity contribution is -0.122. The molecule has 3 nitrogen and oxygen atoms in total. The summed E-state index contributed by atoms with van der Waals surface area (Å²) in [6.45, 7) is 5.75. The largest absolute Gasteiger partial charge is 0.299 e. The van der Waals surface area contributed by atoms with Crippen molar-refractivity contribution in [1.29, 1.82) is 0 Å². The van der Waals surface area contributed by atoms with Crippen LogP contribution in [0.25, 0.3) is 0 Å². The van der Waals surface area contributed by atoms with Crippen LogP contribution in [0.1, 0.15) is 31.5 Å². The van der Waals surface area contributed by atoms with E-state index in [1.807, 2.05) is 27.8 Å². The molecule has 0 amide bonds. The van der Waals surface area contributed by atoms with Crippen LogP contribution >= 0.6 is 11.6 Å². The Morgan fingerprint density at radius 3 is 2.60 bits per heavy atom. The summed E-state index contributed by atoms with van der Waals surface area (Å²) in [5, 5.41) is 4.86. The third-order valence-corrected chi connectivity index (χ3v) is 3.15. The van der Waals surface area contributed by atoms with E-state index in [0.717, 1.165) is 11.3 Å². The Labute approximate surface area is 95.4 Å². The maximum Gasteiger partial charge on any atom is 0.135 e. The number of nitrogens with zero attached hydrogens (tertiary/aromatic N) is 2. The zero-order valence-corrected chi connectivity index (χ0v) is 10.4. The van der Waals surface area contributed by atoms with Crippen LogP contribution in [-0.2, 0) is 18.3 Å². The molecule has 0 N–H and O–H groups in total. The summed E-state index contributed by atoms with van der Waals surface area (Å²) in [5.41, 5.74) is 1.91. The van der Waals surface area contributed by atoms with Crippen LogP contribution in [0.15, 0.2) is 0 Å². The van der Waals surface area contributed by atoms with E-state index in [1.54, 1.807) is 4.68 Å². The molecule has 84 valence electrons. The van der Waals surface area contributed by atoms with Gasteiger partial charge in [0.25, 0.3) is 0 Å². The van der Waals surface area contributed by atoms with E-state index in [4.69, 9.17) is 11.6 Å². The van der Waals surface area contributed by atoms with E-state index < -0.39 is 0 Å². The zero-order valence-electron chi connectivity index (χ0n) is 9.67. The molecule has 0 fully saturated rings. The van der Waals surface area contributed by atoms with Crippen molar-refractivity contribution in [2.75, 3.05) is 0 Å². The molecule has 0 aliphatic heterocycles. The normalized spacial score (nSPS) is 12.9. The van der Waals surface area contributed by atoms with E-state index in [9.17, 15) is 4.79 Å². The lowest BCUT2D eigenvalue weighted by Crippen LogP contribution is -2.12. The predicted molar refractivity (Wildman–Crippen MR) is 61.1 cm³/mol. The molecular formula is C11H17ClN2O. The molecule has 0 aliphatic rings. The second-order valence-electron chi connectivity index (χ2n) is 3.90. The number of Topliss-reactive ketones (excluding diaryl/α,β-unsaturated/α-hetero) is 1. The molecule has 1 atom stereocenters. The van der Waals surface area contributed by atoms with Crippen molar-refractivity contribution in [3.05, 3.63) is 16.4 Å². The van der Waals surface area contributed by atoms with Crippen LogP contribution in [0.3, 0.4) is 0 Å². The van der Waals surface area contributed by atoms with Gasteiger partial charge in [-0.25, -0.2) is 0 Å². The molecule has 0 saturated carbocycles. The minimum absolute atomic E-state index is 0.0235. The molecule has 0 aromatic carbocycles. The molecule has 0 radical (unpaired) electrons. The molecule has 0 aliphatic carbocycles. The Hall–Kier alpha value is -0.830. The number of aryl methyl sites for hydroxylation is 2. The second kappa shape index (κ2) is 4.79.